The molecular formula is C14H25N3O2. The van der Waals surface area contributed by atoms with Crippen molar-refractivity contribution >= 4 is 12.1 Å². The first-order valence-electron chi connectivity index (χ1n) is 6.84. The lowest BCUT2D eigenvalue weighted by Crippen LogP contribution is -2.39. The van der Waals surface area contributed by atoms with E-state index < -0.39 is 0 Å². The maximum absolute atomic E-state index is 11.3. The standard InChI is InChI=1S/C14H25N3O2/c1-6-12(7-2)17(8-9-19-5)14-13(10-18)11(3)15-16(14)4/h10,12H,6-9H2,1-5H3. The molecule has 1 heterocycles. The van der Waals surface area contributed by atoms with Gasteiger partial charge in [0, 0.05) is 26.7 Å². The highest BCUT2D eigenvalue weighted by molar-refractivity contribution is 5.84. The molecule has 0 atom stereocenters. The van der Waals surface area contributed by atoms with E-state index in [0.717, 1.165) is 37.2 Å². The molecule has 1 aromatic heterocycles. The second-order valence-corrected chi connectivity index (χ2v) is 4.72. The van der Waals surface area contributed by atoms with E-state index in [-0.39, 0.29) is 0 Å². The third-order valence-corrected chi connectivity index (χ3v) is 3.55. The summed E-state index contributed by atoms with van der Waals surface area (Å²) in [5, 5.41) is 4.36. The van der Waals surface area contributed by atoms with Gasteiger partial charge < -0.3 is 9.64 Å². The molecule has 0 aromatic carbocycles. The second-order valence-electron chi connectivity index (χ2n) is 4.72. The molecular weight excluding hydrogens is 242 g/mol. The summed E-state index contributed by atoms with van der Waals surface area (Å²) in [7, 11) is 3.58. The van der Waals surface area contributed by atoms with E-state index in [9.17, 15) is 4.79 Å². The summed E-state index contributed by atoms with van der Waals surface area (Å²) in [5.74, 6) is 0.901. The Morgan fingerprint density at radius 3 is 2.53 bits per heavy atom. The van der Waals surface area contributed by atoms with Crippen molar-refractivity contribution in [1.29, 1.82) is 0 Å². The van der Waals surface area contributed by atoms with Gasteiger partial charge in [-0.05, 0) is 19.8 Å². The van der Waals surface area contributed by atoms with Crippen molar-refractivity contribution in [2.45, 2.75) is 39.7 Å². The summed E-state index contributed by atoms with van der Waals surface area (Å²) in [5.41, 5.74) is 1.46. The largest absolute Gasteiger partial charge is 0.383 e. The Morgan fingerprint density at radius 2 is 2.05 bits per heavy atom. The predicted octanol–water partition coefficient (Wildman–Crippen LogP) is 2.18. The fraction of sp³-hybridized carbons (Fsp3) is 0.714. The number of aryl methyl sites for hydroxylation is 2. The number of carbonyl (C=O) groups is 1. The molecule has 108 valence electrons. The zero-order valence-corrected chi connectivity index (χ0v) is 12.6. The Labute approximate surface area is 115 Å². The zero-order chi connectivity index (χ0) is 14.4. The molecule has 1 rings (SSSR count). The van der Waals surface area contributed by atoms with Gasteiger partial charge in [-0.15, -0.1) is 0 Å². The number of hydrogen-bond donors (Lipinski definition) is 0. The van der Waals surface area contributed by atoms with E-state index in [4.69, 9.17) is 4.74 Å². The van der Waals surface area contributed by atoms with Crippen LogP contribution in [0.3, 0.4) is 0 Å². The molecule has 0 radical (unpaired) electrons. The third kappa shape index (κ3) is 3.35. The van der Waals surface area contributed by atoms with Crippen LogP contribution in [0.2, 0.25) is 0 Å². The first kappa shape index (κ1) is 15.7. The van der Waals surface area contributed by atoms with Crippen molar-refractivity contribution in [3.8, 4) is 0 Å². The van der Waals surface area contributed by atoms with Gasteiger partial charge in [0.15, 0.2) is 6.29 Å². The average molecular weight is 267 g/mol. The van der Waals surface area contributed by atoms with Gasteiger partial charge >= 0.3 is 0 Å². The molecule has 0 unspecified atom stereocenters. The lowest BCUT2D eigenvalue weighted by atomic mass is 10.1. The SMILES string of the molecule is CCC(CC)N(CCOC)c1c(C=O)c(C)nn1C. The first-order chi connectivity index (χ1) is 9.10. The molecule has 5 nitrogen and oxygen atoms in total. The number of aldehydes is 1. The van der Waals surface area contributed by atoms with E-state index in [1.807, 2.05) is 14.0 Å². The van der Waals surface area contributed by atoms with Gasteiger partial charge in [-0.3, -0.25) is 9.48 Å². The molecule has 0 aliphatic heterocycles. The lowest BCUT2D eigenvalue weighted by molar-refractivity contribution is 0.112. The van der Waals surface area contributed by atoms with Gasteiger partial charge in [-0.2, -0.15) is 5.10 Å². The monoisotopic (exact) mass is 267 g/mol. The van der Waals surface area contributed by atoms with Crippen molar-refractivity contribution in [3.05, 3.63) is 11.3 Å². The highest BCUT2D eigenvalue weighted by Gasteiger charge is 2.23. The van der Waals surface area contributed by atoms with Gasteiger partial charge in [-0.1, -0.05) is 13.8 Å². The van der Waals surface area contributed by atoms with Crippen LogP contribution in [0.1, 0.15) is 42.7 Å². The van der Waals surface area contributed by atoms with Crippen molar-refractivity contribution in [3.63, 3.8) is 0 Å². The predicted molar refractivity (Wildman–Crippen MR) is 76.9 cm³/mol. The normalized spacial score (nSPS) is 11.1. The smallest absolute Gasteiger partial charge is 0.155 e. The minimum Gasteiger partial charge on any atom is -0.383 e. The molecule has 19 heavy (non-hydrogen) atoms. The Kier molecular flexibility index (Phi) is 6.02. The van der Waals surface area contributed by atoms with Crippen LogP contribution < -0.4 is 4.90 Å². The quantitative estimate of drug-likeness (QED) is 0.677. The maximum atomic E-state index is 11.3. The molecule has 0 spiro atoms. The minimum atomic E-state index is 0.392. The summed E-state index contributed by atoms with van der Waals surface area (Å²) >= 11 is 0. The maximum Gasteiger partial charge on any atom is 0.155 e. The van der Waals surface area contributed by atoms with Crippen molar-refractivity contribution in [1.82, 2.24) is 9.78 Å². The summed E-state index contributed by atoms with van der Waals surface area (Å²) in [6, 6.07) is 0.392. The van der Waals surface area contributed by atoms with Crippen molar-refractivity contribution in [2.75, 3.05) is 25.2 Å². The Morgan fingerprint density at radius 1 is 1.42 bits per heavy atom. The van der Waals surface area contributed by atoms with Crippen LogP contribution in [0, 0.1) is 6.92 Å². The topological polar surface area (TPSA) is 47.4 Å². The Balaban J connectivity index is 3.19. The zero-order valence-electron chi connectivity index (χ0n) is 12.6. The average Bonchev–Trinajstić information content (AvgIpc) is 2.68. The number of rotatable bonds is 8. The van der Waals surface area contributed by atoms with Gasteiger partial charge in [0.2, 0.25) is 0 Å². The molecule has 1 aromatic rings. The molecule has 5 heteroatoms. The molecule has 0 bridgehead atoms. The fourth-order valence-electron chi connectivity index (χ4n) is 2.52. The Hall–Kier alpha value is -1.36. The molecule has 0 saturated carbocycles. The summed E-state index contributed by atoms with van der Waals surface area (Å²) in [4.78, 5) is 13.6. The number of nitrogens with zero attached hydrogens (tertiary/aromatic N) is 3. The first-order valence-corrected chi connectivity index (χ1v) is 6.84. The van der Waals surface area contributed by atoms with Crippen LogP contribution in [0.25, 0.3) is 0 Å². The van der Waals surface area contributed by atoms with Gasteiger partial charge in [-0.25, -0.2) is 0 Å². The molecule has 0 aliphatic rings. The van der Waals surface area contributed by atoms with E-state index in [1.165, 1.54) is 0 Å². The van der Waals surface area contributed by atoms with Crippen LogP contribution in [0.4, 0.5) is 5.82 Å². The fourth-order valence-corrected chi connectivity index (χ4v) is 2.52. The van der Waals surface area contributed by atoms with Crippen LogP contribution in [-0.2, 0) is 11.8 Å². The summed E-state index contributed by atoms with van der Waals surface area (Å²) in [6.07, 6.45) is 2.96. The van der Waals surface area contributed by atoms with E-state index >= 15 is 0 Å². The van der Waals surface area contributed by atoms with Gasteiger partial charge in [0.25, 0.3) is 0 Å². The number of carbonyl (C=O) groups excluding carboxylic acids is 1. The van der Waals surface area contributed by atoms with Crippen LogP contribution in [0.15, 0.2) is 0 Å². The third-order valence-electron chi connectivity index (χ3n) is 3.55. The highest BCUT2D eigenvalue weighted by atomic mass is 16.5. The lowest BCUT2D eigenvalue weighted by Gasteiger charge is -2.32. The Bertz CT molecular complexity index is 411. The number of methoxy groups -OCH3 is 1. The van der Waals surface area contributed by atoms with Gasteiger partial charge in [0.1, 0.15) is 5.82 Å². The molecule has 0 aliphatic carbocycles. The summed E-state index contributed by atoms with van der Waals surface area (Å²) in [6.45, 7) is 7.60. The number of ether oxygens (including phenoxy) is 1. The van der Waals surface area contributed by atoms with Crippen LogP contribution in [0.5, 0.6) is 0 Å². The van der Waals surface area contributed by atoms with Gasteiger partial charge in [0.05, 0.1) is 17.9 Å². The number of aromatic nitrogens is 2. The molecule has 0 N–H and O–H groups in total. The van der Waals surface area contributed by atoms with Crippen LogP contribution >= 0.6 is 0 Å². The minimum absolute atomic E-state index is 0.392. The molecule has 0 amide bonds. The van der Waals surface area contributed by atoms with Crippen molar-refractivity contribution in [2.24, 2.45) is 7.05 Å². The van der Waals surface area contributed by atoms with E-state index in [2.05, 4.69) is 23.8 Å². The highest BCUT2D eigenvalue weighted by Crippen LogP contribution is 2.25. The molecule has 0 fully saturated rings. The second kappa shape index (κ2) is 7.28. The summed E-state index contributed by atoms with van der Waals surface area (Å²) < 4.78 is 6.99. The van der Waals surface area contributed by atoms with Crippen molar-refractivity contribution < 1.29 is 9.53 Å². The van der Waals surface area contributed by atoms with E-state index in [0.29, 0.717) is 18.2 Å². The molecule has 0 saturated heterocycles. The number of anilines is 1. The number of hydrogen-bond acceptors (Lipinski definition) is 4. The van der Waals surface area contributed by atoms with Crippen LogP contribution in [-0.4, -0.2) is 42.4 Å². The van der Waals surface area contributed by atoms with E-state index in [1.54, 1.807) is 11.8 Å².